The number of phenolic OH excluding ortho intramolecular Hbond substituents is 1. The number of imidazole rings is 1. The van der Waals surface area contributed by atoms with E-state index in [-0.39, 0.29) is 22.0 Å². The fraction of sp³-hybridized carbons (Fsp3) is 0.200. The molecule has 0 amide bonds. The number of benzene rings is 7. The minimum atomic E-state index is -0.328. The van der Waals surface area contributed by atoms with Gasteiger partial charge in [-0.3, -0.25) is 9.55 Å². The first-order chi connectivity index (χ1) is 30.5. The van der Waals surface area contributed by atoms with E-state index in [9.17, 15) is 5.11 Å². The van der Waals surface area contributed by atoms with Gasteiger partial charge < -0.3 is 5.11 Å². The molecule has 1 N–H and O–H groups in total. The van der Waals surface area contributed by atoms with Crippen molar-refractivity contribution in [2.45, 2.75) is 78.6 Å². The number of para-hydroxylation sites is 1. The number of nitrogens with zero attached hydrogens (tertiary/aromatic N) is 3. The number of hydrogen-bond acceptors (Lipinski definition) is 3. The van der Waals surface area contributed by atoms with Gasteiger partial charge in [-0.15, -0.1) is 0 Å². The molecule has 0 bridgehead atoms. The van der Waals surface area contributed by atoms with Crippen LogP contribution in [-0.4, -0.2) is 19.6 Å². The minimum absolute atomic E-state index is 0.138. The smallest absolute Gasteiger partial charge is 0.149 e. The van der Waals surface area contributed by atoms with Gasteiger partial charge in [-0.1, -0.05) is 190 Å². The molecule has 2 heterocycles. The second-order valence-corrected chi connectivity index (χ2v) is 20.2. The molecule has 7 aromatic carbocycles. The van der Waals surface area contributed by atoms with Crippen molar-refractivity contribution < 1.29 is 5.11 Å². The van der Waals surface area contributed by atoms with Crippen LogP contribution < -0.4 is 0 Å². The van der Waals surface area contributed by atoms with Crippen molar-refractivity contribution >= 4 is 11.0 Å². The zero-order valence-corrected chi connectivity index (χ0v) is 38.5. The molecule has 64 heavy (non-hydrogen) atoms. The van der Waals surface area contributed by atoms with E-state index in [2.05, 4.69) is 231 Å². The molecule has 0 aliphatic heterocycles. The Bertz CT molecular complexity index is 3120. The molecule has 0 aliphatic rings. The number of fused-ring (bicyclic) bond motifs is 1. The van der Waals surface area contributed by atoms with Gasteiger partial charge in [-0.2, -0.15) is 0 Å². The number of hydrogen-bond donors (Lipinski definition) is 1. The zero-order chi connectivity index (χ0) is 45.0. The molecule has 0 fully saturated rings. The Morgan fingerprint density at radius 2 is 1.00 bits per heavy atom. The third kappa shape index (κ3) is 8.17. The first-order valence-electron chi connectivity index (χ1n) is 22.4. The number of aromatic nitrogens is 3. The predicted octanol–water partition coefficient (Wildman–Crippen LogP) is 16.0. The maximum absolute atomic E-state index is 12.6. The Morgan fingerprint density at radius 3 is 1.59 bits per heavy atom. The number of phenols is 1. The van der Waals surface area contributed by atoms with Crippen molar-refractivity contribution in [1.82, 2.24) is 14.5 Å². The third-order valence-corrected chi connectivity index (χ3v) is 12.4. The summed E-state index contributed by atoms with van der Waals surface area (Å²) in [5, 5.41) is 12.6. The number of rotatable bonds is 7. The molecule has 2 aromatic heterocycles. The average molecular weight is 836 g/mol. The molecule has 9 rings (SSSR count). The van der Waals surface area contributed by atoms with E-state index < -0.39 is 0 Å². The Morgan fingerprint density at radius 1 is 0.422 bits per heavy atom. The first-order valence-corrected chi connectivity index (χ1v) is 22.4. The van der Waals surface area contributed by atoms with Crippen molar-refractivity contribution in [3.8, 4) is 78.6 Å². The lowest BCUT2D eigenvalue weighted by atomic mass is 9.79. The maximum atomic E-state index is 12.6. The molecule has 0 saturated heterocycles. The fourth-order valence-electron chi connectivity index (χ4n) is 8.69. The van der Waals surface area contributed by atoms with Gasteiger partial charge in [-0.25, -0.2) is 4.98 Å². The van der Waals surface area contributed by atoms with Crippen LogP contribution in [0, 0.1) is 0 Å². The standard InChI is InChI=1S/C60H57N3O/c1-58(2,3)46-33-44(32-45(34-46)52-30-28-43(38-61-52)40-22-15-11-16-23-40)48-26-19-27-54-55(48)62-57(50-36-47(59(4,5)6)37-51(56(50)64)60(7,8)9)63(54)53-31-29-42(39-20-13-10-14-21-39)35-49(53)41-24-17-12-18-25-41/h10-38,64H,1-9H3. The summed E-state index contributed by atoms with van der Waals surface area (Å²) in [7, 11) is 0. The van der Waals surface area contributed by atoms with Gasteiger partial charge >= 0.3 is 0 Å². The SMILES string of the molecule is CC(C)(C)c1cc(-c2ccc(-c3ccccc3)cn2)cc(-c2cccc3c2nc(-c2cc(C(C)(C)C)cc(C(C)(C)C)c2O)n3-c2ccc(-c3ccccc3)cc2-c2ccccc2)c1. The molecule has 0 saturated carbocycles. The number of aromatic hydroxyl groups is 1. The largest absolute Gasteiger partial charge is 0.507 e. The van der Waals surface area contributed by atoms with Crippen LogP contribution >= 0.6 is 0 Å². The van der Waals surface area contributed by atoms with Gasteiger partial charge in [0, 0.05) is 34.0 Å². The van der Waals surface area contributed by atoms with Crippen LogP contribution in [0.5, 0.6) is 5.75 Å². The first kappa shape index (κ1) is 42.3. The second-order valence-electron chi connectivity index (χ2n) is 20.2. The van der Waals surface area contributed by atoms with E-state index in [1.54, 1.807) is 0 Å². The van der Waals surface area contributed by atoms with Gasteiger partial charge in [-0.05, 0) is 97.7 Å². The highest BCUT2D eigenvalue weighted by atomic mass is 16.3. The molecular formula is C60H57N3O. The van der Waals surface area contributed by atoms with Crippen molar-refractivity contribution in [3.63, 3.8) is 0 Å². The van der Waals surface area contributed by atoms with Crippen LogP contribution in [-0.2, 0) is 16.2 Å². The van der Waals surface area contributed by atoms with Crippen LogP contribution in [0.25, 0.3) is 83.9 Å². The van der Waals surface area contributed by atoms with Gasteiger partial charge in [0.05, 0.1) is 28.0 Å². The fourth-order valence-corrected chi connectivity index (χ4v) is 8.69. The Hall–Kier alpha value is -7.04. The molecule has 0 spiro atoms. The van der Waals surface area contributed by atoms with Crippen molar-refractivity contribution in [2.24, 2.45) is 0 Å². The van der Waals surface area contributed by atoms with E-state index in [4.69, 9.17) is 9.97 Å². The van der Waals surface area contributed by atoms with E-state index in [1.165, 1.54) is 5.56 Å². The van der Waals surface area contributed by atoms with Gasteiger partial charge in [0.1, 0.15) is 11.6 Å². The molecule has 0 unspecified atom stereocenters. The summed E-state index contributed by atoms with van der Waals surface area (Å²) in [6.07, 6.45) is 1.97. The van der Waals surface area contributed by atoms with Gasteiger partial charge in [0.2, 0.25) is 0 Å². The molecule has 0 aliphatic carbocycles. The lowest BCUT2D eigenvalue weighted by molar-refractivity contribution is 0.446. The van der Waals surface area contributed by atoms with E-state index in [0.29, 0.717) is 11.4 Å². The summed E-state index contributed by atoms with van der Waals surface area (Å²) in [5.41, 5.74) is 16.8. The average Bonchev–Trinajstić information content (AvgIpc) is 3.68. The quantitative estimate of drug-likeness (QED) is 0.174. The van der Waals surface area contributed by atoms with E-state index in [0.717, 1.165) is 83.6 Å². The molecule has 318 valence electrons. The third-order valence-electron chi connectivity index (χ3n) is 12.4. The maximum Gasteiger partial charge on any atom is 0.149 e. The zero-order valence-electron chi connectivity index (χ0n) is 38.5. The lowest BCUT2D eigenvalue weighted by Crippen LogP contribution is -2.17. The lowest BCUT2D eigenvalue weighted by Gasteiger charge is -2.27. The monoisotopic (exact) mass is 835 g/mol. The summed E-state index contributed by atoms with van der Waals surface area (Å²) < 4.78 is 2.28. The topological polar surface area (TPSA) is 50.9 Å². The Kier molecular flexibility index (Phi) is 10.7. The minimum Gasteiger partial charge on any atom is -0.507 e. The van der Waals surface area contributed by atoms with Crippen LogP contribution in [0.3, 0.4) is 0 Å². The molecule has 0 radical (unpaired) electrons. The summed E-state index contributed by atoms with van der Waals surface area (Å²) in [4.78, 5) is 10.7. The molecular weight excluding hydrogens is 779 g/mol. The molecule has 4 nitrogen and oxygen atoms in total. The molecule has 4 heteroatoms. The second kappa shape index (κ2) is 16.3. The Labute approximate surface area is 379 Å². The summed E-state index contributed by atoms with van der Waals surface area (Å²) >= 11 is 0. The predicted molar refractivity (Wildman–Crippen MR) is 269 cm³/mol. The van der Waals surface area contributed by atoms with Crippen molar-refractivity contribution in [3.05, 3.63) is 193 Å². The Balaban J connectivity index is 1.34. The van der Waals surface area contributed by atoms with Gasteiger partial charge in [0.25, 0.3) is 0 Å². The van der Waals surface area contributed by atoms with E-state index >= 15 is 0 Å². The van der Waals surface area contributed by atoms with Crippen molar-refractivity contribution in [1.29, 1.82) is 0 Å². The molecule has 9 aromatic rings. The summed E-state index contributed by atoms with van der Waals surface area (Å²) in [5.74, 6) is 0.939. The van der Waals surface area contributed by atoms with Crippen LogP contribution in [0.1, 0.15) is 79.0 Å². The van der Waals surface area contributed by atoms with E-state index in [1.807, 2.05) is 12.3 Å². The normalized spacial score (nSPS) is 12.2. The number of pyridine rings is 1. The van der Waals surface area contributed by atoms with Crippen LogP contribution in [0.4, 0.5) is 0 Å². The van der Waals surface area contributed by atoms with Crippen LogP contribution in [0.2, 0.25) is 0 Å². The highest BCUT2D eigenvalue weighted by Crippen LogP contribution is 2.46. The van der Waals surface area contributed by atoms with Gasteiger partial charge in [0.15, 0.2) is 0 Å². The van der Waals surface area contributed by atoms with Crippen molar-refractivity contribution in [2.75, 3.05) is 0 Å². The highest BCUT2D eigenvalue weighted by Gasteiger charge is 2.29. The highest BCUT2D eigenvalue weighted by molar-refractivity contribution is 5.98. The summed E-state index contributed by atoms with van der Waals surface area (Å²) in [6, 6.07) is 60.2. The molecule has 0 atom stereocenters. The van der Waals surface area contributed by atoms with Crippen LogP contribution in [0.15, 0.2) is 176 Å². The summed E-state index contributed by atoms with van der Waals surface area (Å²) in [6.45, 7) is 20.0.